The molecule has 1 saturated heterocycles. The van der Waals surface area contributed by atoms with Gasteiger partial charge in [0.25, 0.3) is 0 Å². The number of nitrogens with zero attached hydrogens (tertiary/aromatic N) is 2. The molecule has 1 aliphatic rings. The Morgan fingerprint density at radius 3 is 2.95 bits per heavy atom. The Morgan fingerprint density at radius 1 is 1.58 bits per heavy atom. The molecule has 1 unspecified atom stereocenters. The summed E-state index contributed by atoms with van der Waals surface area (Å²) in [5.74, 6) is -1.89. The van der Waals surface area contributed by atoms with Gasteiger partial charge in [-0.2, -0.15) is 5.26 Å². The Kier molecular flexibility index (Phi) is 3.47. The molecule has 2 rings (SSSR count). The van der Waals surface area contributed by atoms with Gasteiger partial charge in [-0.3, -0.25) is 4.79 Å². The molecule has 1 aromatic rings. The fraction of sp³-hybridized carbons (Fsp3) is 0.308. The summed E-state index contributed by atoms with van der Waals surface area (Å²) in [5, 5.41) is 18.0. The van der Waals surface area contributed by atoms with E-state index in [-0.39, 0.29) is 30.9 Å². The van der Waals surface area contributed by atoms with Gasteiger partial charge in [-0.05, 0) is 30.2 Å². The first-order valence-corrected chi connectivity index (χ1v) is 5.73. The van der Waals surface area contributed by atoms with Crippen LogP contribution in [0.1, 0.15) is 24.0 Å². The molecule has 98 valence electrons. The summed E-state index contributed by atoms with van der Waals surface area (Å²) >= 11 is 0. The third-order valence-corrected chi connectivity index (χ3v) is 3.14. The number of amides is 1. The van der Waals surface area contributed by atoms with Crippen LogP contribution in [0.3, 0.4) is 0 Å². The van der Waals surface area contributed by atoms with Crippen molar-refractivity contribution in [1.82, 2.24) is 4.90 Å². The van der Waals surface area contributed by atoms with E-state index < -0.39 is 17.8 Å². The molecule has 0 radical (unpaired) electrons. The van der Waals surface area contributed by atoms with Crippen molar-refractivity contribution in [3.8, 4) is 6.07 Å². The van der Waals surface area contributed by atoms with Gasteiger partial charge >= 0.3 is 5.97 Å². The first-order chi connectivity index (χ1) is 9.02. The number of nitriles is 1. The van der Waals surface area contributed by atoms with E-state index in [1.165, 1.54) is 11.0 Å². The molecule has 0 bridgehead atoms. The van der Waals surface area contributed by atoms with Crippen LogP contribution in [-0.4, -0.2) is 27.9 Å². The molecular formula is C13H11FN2O3. The van der Waals surface area contributed by atoms with Crippen LogP contribution < -0.4 is 0 Å². The van der Waals surface area contributed by atoms with Gasteiger partial charge in [0.1, 0.15) is 11.9 Å². The van der Waals surface area contributed by atoms with Crippen LogP contribution >= 0.6 is 0 Å². The number of likely N-dealkylation sites (tertiary alicyclic amines) is 1. The monoisotopic (exact) mass is 262 g/mol. The van der Waals surface area contributed by atoms with Crippen molar-refractivity contribution in [2.24, 2.45) is 0 Å². The van der Waals surface area contributed by atoms with E-state index in [0.29, 0.717) is 5.56 Å². The molecule has 1 atom stereocenters. The van der Waals surface area contributed by atoms with E-state index in [1.807, 2.05) is 6.07 Å². The average molecular weight is 262 g/mol. The highest BCUT2D eigenvalue weighted by atomic mass is 19.1. The molecule has 0 aliphatic carbocycles. The Bertz CT molecular complexity index is 580. The van der Waals surface area contributed by atoms with Crippen molar-refractivity contribution in [3.63, 3.8) is 0 Å². The van der Waals surface area contributed by atoms with E-state index in [0.717, 1.165) is 12.1 Å². The van der Waals surface area contributed by atoms with Crippen LogP contribution in [0.5, 0.6) is 0 Å². The summed E-state index contributed by atoms with van der Waals surface area (Å²) < 4.78 is 13.2. The number of benzene rings is 1. The van der Waals surface area contributed by atoms with Crippen LogP contribution in [0.2, 0.25) is 0 Å². The van der Waals surface area contributed by atoms with Crippen LogP contribution in [0.4, 0.5) is 4.39 Å². The molecule has 5 nitrogen and oxygen atoms in total. The number of hydrogen-bond acceptors (Lipinski definition) is 3. The zero-order valence-electron chi connectivity index (χ0n) is 9.97. The quantitative estimate of drug-likeness (QED) is 0.889. The van der Waals surface area contributed by atoms with Crippen LogP contribution in [0.15, 0.2) is 18.2 Å². The average Bonchev–Trinajstić information content (AvgIpc) is 2.72. The van der Waals surface area contributed by atoms with Gasteiger partial charge in [0.15, 0.2) is 0 Å². The molecule has 0 spiro atoms. The third kappa shape index (κ3) is 2.55. The smallest absolute Gasteiger partial charge is 0.326 e. The van der Waals surface area contributed by atoms with Crippen LogP contribution in [0.25, 0.3) is 0 Å². The summed E-state index contributed by atoms with van der Waals surface area (Å²) in [6.45, 7) is -0.0591. The Hall–Kier alpha value is -2.42. The lowest BCUT2D eigenvalue weighted by Crippen LogP contribution is -2.38. The second kappa shape index (κ2) is 5.06. The van der Waals surface area contributed by atoms with Crippen molar-refractivity contribution in [3.05, 3.63) is 35.1 Å². The molecule has 1 N–H and O–H groups in total. The van der Waals surface area contributed by atoms with E-state index in [2.05, 4.69) is 0 Å². The zero-order valence-corrected chi connectivity index (χ0v) is 9.97. The lowest BCUT2D eigenvalue weighted by Gasteiger charge is -2.22. The Morgan fingerprint density at radius 2 is 2.32 bits per heavy atom. The molecule has 1 aromatic carbocycles. The van der Waals surface area contributed by atoms with Crippen molar-refractivity contribution in [2.75, 3.05) is 0 Å². The number of carboxylic acids is 1. The zero-order chi connectivity index (χ0) is 14.0. The van der Waals surface area contributed by atoms with E-state index in [4.69, 9.17) is 10.4 Å². The predicted octanol–water partition coefficient (Wildman–Crippen LogP) is 1.27. The molecular weight excluding hydrogens is 251 g/mol. The number of rotatable bonds is 3. The minimum absolute atomic E-state index is 0.0591. The van der Waals surface area contributed by atoms with Crippen molar-refractivity contribution < 1.29 is 19.1 Å². The molecule has 1 aliphatic heterocycles. The fourth-order valence-corrected chi connectivity index (χ4v) is 2.17. The third-order valence-electron chi connectivity index (χ3n) is 3.14. The van der Waals surface area contributed by atoms with Crippen molar-refractivity contribution in [2.45, 2.75) is 25.4 Å². The summed E-state index contributed by atoms with van der Waals surface area (Å²) in [6, 6.07) is 4.63. The molecule has 0 saturated carbocycles. The van der Waals surface area contributed by atoms with Gasteiger partial charge in [-0.25, -0.2) is 9.18 Å². The topological polar surface area (TPSA) is 81.4 Å². The van der Waals surface area contributed by atoms with Crippen LogP contribution in [0, 0.1) is 17.1 Å². The summed E-state index contributed by atoms with van der Waals surface area (Å²) in [5.41, 5.74) is 0.564. The molecule has 1 heterocycles. The maximum atomic E-state index is 13.2. The molecule has 1 fully saturated rings. The van der Waals surface area contributed by atoms with Gasteiger partial charge < -0.3 is 10.0 Å². The number of carboxylic acid groups (broad SMARTS) is 1. The predicted molar refractivity (Wildman–Crippen MR) is 62.3 cm³/mol. The first-order valence-electron chi connectivity index (χ1n) is 5.73. The van der Waals surface area contributed by atoms with Gasteiger partial charge in [0, 0.05) is 13.0 Å². The Balaban J connectivity index is 2.30. The fourth-order valence-electron chi connectivity index (χ4n) is 2.17. The molecule has 1 amide bonds. The van der Waals surface area contributed by atoms with E-state index >= 15 is 0 Å². The highest BCUT2D eigenvalue weighted by Crippen LogP contribution is 2.23. The standard InChI is InChI=1S/C13H11FN2O3/c14-10-2-1-8(6-15)9(5-10)7-16-11(13(18)19)3-4-12(16)17/h1-2,5,11H,3-4,7H2,(H,18,19). The summed E-state index contributed by atoms with van der Waals surface area (Å²) in [4.78, 5) is 23.9. The van der Waals surface area contributed by atoms with Gasteiger partial charge in [-0.15, -0.1) is 0 Å². The van der Waals surface area contributed by atoms with Gasteiger partial charge in [0.05, 0.1) is 11.6 Å². The largest absolute Gasteiger partial charge is 0.480 e. The molecule has 0 aromatic heterocycles. The lowest BCUT2D eigenvalue weighted by atomic mass is 10.1. The summed E-state index contributed by atoms with van der Waals surface area (Å²) in [7, 11) is 0. The highest BCUT2D eigenvalue weighted by Gasteiger charge is 2.36. The van der Waals surface area contributed by atoms with Crippen molar-refractivity contribution in [1.29, 1.82) is 5.26 Å². The number of carbonyl (C=O) groups excluding carboxylic acids is 1. The number of carbonyl (C=O) groups is 2. The minimum atomic E-state index is -1.08. The first kappa shape index (κ1) is 13.0. The van der Waals surface area contributed by atoms with Crippen LogP contribution in [-0.2, 0) is 16.1 Å². The minimum Gasteiger partial charge on any atom is -0.480 e. The summed E-state index contributed by atoms with van der Waals surface area (Å²) in [6.07, 6.45) is 0.402. The molecule has 6 heteroatoms. The van der Waals surface area contributed by atoms with E-state index in [1.54, 1.807) is 0 Å². The number of halogens is 1. The second-order valence-corrected chi connectivity index (χ2v) is 4.33. The van der Waals surface area contributed by atoms with E-state index in [9.17, 15) is 14.0 Å². The van der Waals surface area contributed by atoms with Gasteiger partial charge in [-0.1, -0.05) is 0 Å². The lowest BCUT2D eigenvalue weighted by molar-refractivity contribution is -0.146. The number of hydrogen-bond donors (Lipinski definition) is 1. The maximum Gasteiger partial charge on any atom is 0.326 e. The second-order valence-electron chi connectivity index (χ2n) is 4.33. The van der Waals surface area contributed by atoms with Crippen molar-refractivity contribution >= 4 is 11.9 Å². The highest BCUT2D eigenvalue weighted by molar-refractivity contribution is 5.87. The molecule has 19 heavy (non-hydrogen) atoms. The Labute approximate surface area is 108 Å². The van der Waals surface area contributed by atoms with Gasteiger partial charge in [0.2, 0.25) is 5.91 Å². The maximum absolute atomic E-state index is 13.2. The normalized spacial score (nSPS) is 18.4. The number of aliphatic carboxylic acids is 1. The SMILES string of the molecule is N#Cc1ccc(F)cc1CN1C(=O)CCC1C(=O)O.